The second-order valence-corrected chi connectivity index (χ2v) is 6.24. The minimum Gasteiger partial charge on any atom is -1.00 e. The molecule has 1 unspecified atom stereocenters. The summed E-state index contributed by atoms with van der Waals surface area (Å²) in [5.74, 6) is -0.0379. The molecule has 0 bridgehead atoms. The van der Waals surface area contributed by atoms with Gasteiger partial charge in [0.25, 0.3) is 0 Å². The normalized spacial score (nSPS) is 21.8. The largest absolute Gasteiger partial charge is 1.00 e. The van der Waals surface area contributed by atoms with Crippen LogP contribution in [0.5, 0.6) is 0 Å². The summed E-state index contributed by atoms with van der Waals surface area (Å²) >= 11 is 1.72. The number of benzene rings is 1. The highest BCUT2D eigenvalue weighted by Crippen LogP contribution is 2.27. The van der Waals surface area contributed by atoms with Gasteiger partial charge in [-0.15, -0.1) is 0 Å². The van der Waals surface area contributed by atoms with E-state index in [2.05, 4.69) is 28.8 Å². The smallest absolute Gasteiger partial charge is 0.319 e. The molecule has 1 saturated heterocycles. The summed E-state index contributed by atoms with van der Waals surface area (Å²) in [4.78, 5) is 11.6. The zero-order valence-electron chi connectivity index (χ0n) is 11.3. The molecule has 2 heterocycles. The lowest BCUT2D eigenvalue weighted by molar-refractivity contribution is -0.533. The fourth-order valence-corrected chi connectivity index (χ4v) is 3.83. The number of carbonyl (C=O) groups is 1. The molecule has 2 aliphatic heterocycles. The molecule has 0 amide bonds. The van der Waals surface area contributed by atoms with Crippen molar-refractivity contribution >= 4 is 22.8 Å². The molecule has 2 aliphatic rings. The van der Waals surface area contributed by atoms with Crippen LogP contribution in [0.2, 0.25) is 0 Å². The van der Waals surface area contributed by atoms with Gasteiger partial charge in [0.1, 0.15) is 11.8 Å². The van der Waals surface area contributed by atoms with Crippen molar-refractivity contribution in [2.45, 2.75) is 31.1 Å². The molecular formula is C15H18BrNO2S. The standard InChI is InChI=1S/C15H18NO2S.BrH/c17-15-13(8-10-18-15)19-14-7-4-9-16(14)11-12-5-2-1-3-6-12;/h1-3,5-6,13H,4,7-11H2;1H/q+1;/p-1. The van der Waals surface area contributed by atoms with Gasteiger partial charge in [0.15, 0.2) is 6.54 Å². The van der Waals surface area contributed by atoms with E-state index in [9.17, 15) is 4.79 Å². The number of esters is 1. The van der Waals surface area contributed by atoms with Crippen molar-refractivity contribution in [1.82, 2.24) is 0 Å². The van der Waals surface area contributed by atoms with Crippen LogP contribution in [0.25, 0.3) is 0 Å². The Bertz CT molecular complexity index is 504. The van der Waals surface area contributed by atoms with Gasteiger partial charge in [0.05, 0.1) is 6.61 Å². The molecule has 0 N–H and O–H groups in total. The highest BCUT2D eigenvalue weighted by atomic mass is 79.9. The fraction of sp³-hybridized carbons (Fsp3) is 0.467. The Balaban J connectivity index is 0.00000147. The Morgan fingerprint density at radius 1 is 1.30 bits per heavy atom. The lowest BCUT2D eigenvalue weighted by Gasteiger charge is -2.05. The number of thioether (sulfide) groups is 1. The van der Waals surface area contributed by atoms with Crippen molar-refractivity contribution < 1.29 is 31.1 Å². The van der Waals surface area contributed by atoms with Crippen LogP contribution in [-0.4, -0.2) is 34.0 Å². The van der Waals surface area contributed by atoms with E-state index < -0.39 is 0 Å². The number of carbonyl (C=O) groups excluding carboxylic acids is 1. The zero-order chi connectivity index (χ0) is 13.1. The molecule has 1 aromatic rings. The van der Waals surface area contributed by atoms with Crippen LogP contribution in [0.1, 0.15) is 24.8 Å². The summed E-state index contributed by atoms with van der Waals surface area (Å²) in [7, 11) is 0. The fourth-order valence-electron chi connectivity index (χ4n) is 2.56. The molecule has 3 rings (SSSR count). The number of hydrogen-bond acceptors (Lipinski definition) is 3. The molecule has 0 spiro atoms. The SMILES string of the molecule is O=C1OCCC1SC1=[N+](Cc2ccccc2)CCC1.[Br-]. The molecular weight excluding hydrogens is 338 g/mol. The summed E-state index contributed by atoms with van der Waals surface area (Å²) < 4.78 is 7.45. The first-order valence-electron chi connectivity index (χ1n) is 6.81. The first-order chi connectivity index (χ1) is 9.33. The van der Waals surface area contributed by atoms with Gasteiger partial charge in [-0.1, -0.05) is 30.3 Å². The molecule has 108 valence electrons. The van der Waals surface area contributed by atoms with Crippen LogP contribution in [-0.2, 0) is 16.1 Å². The average molecular weight is 356 g/mol. The Kier molecular flexibility index (Phi) is 5.66. The molecule has 0 aliphatic carbocycles. The molecule has 0 saturated carbocycles. The number of rotatable bonds is 3. The van der Waals surface area contributed by atoms with Crippen molar-refractivity contribution in [3.63, 3.8) is 0 Å². The second-order valence-electron chi connectivity index (χ2n) is 4.97. The predicted molar refractivity (Wildman–Crippen MR) is 76.5 cm³/mol. The van der Waals surface area contributed by atoms with Gasteiger partial charge >= 0.3 is 5.97 Å². The Morgan fingerprint density at radius 3 is 2.80 bits per heavy atom. The zero-order valence-corrected chi connectivity index (χ0v) is 13.7. The summed E-state index contributed by atoms with van der Waals surface area (Å²) in [5, 5.41) is 1.37. The van der Waals surface area contributed by atoms with E-state index in [0.717, 1.165) is 25.9 Å². The van der Waals surface area contributed by atoms with Crippen LogP contribution in [0.15, 0.2) is 30.3 Å². The average Bonchev–Trinajstić information content (AvgIpc) is 3.02. The Labute approximate surface area is 134 Å². The van der Waals surface area contributed by atoms with E-state index in [4.69, 9.17) is 4.74 Å². The van der Waals surface area contributed by atoms with E-state index in [1.807, 2.05) is 6.07 Å². The van der Waals surface area contributed by atoms with E-state index in [0.29, 0.717) is 6.61 Å². The molecule has 3 nitrogen and oxygen atoms in total. The number of cyclic esters (lactones) is 1. The maximum absolute atomic E-state index is 11.6. The Hall–Kier alpha value is -0.810. The molecule has 0 radical (unpaired) electrons. The van der Waals surface area contributed by atoms with E-state index >= 15 is 0 Å². The maximum atomic E-state index is 11.6. The number of halogens is 1. The van der Waals surface area contributed by atoms with Gasteiger partial charge < -0.3 is 21.7 Å². The molecule has 20 heavy (non-hydrogen) atoms. The molecule has 1 aromatic carbocycles. The summed E-state index contributed by atoms with van der Waals surface area (Å²) in [6.45, 7) is 2.63. The summed E-state index contributed by atoms with van der Waals surface area (Å²) in [6, 6.07) is 10.5. The van der Waals surface area contributed by atoms with Crippen molar-refractivity contribution in [3.8, 4) is 0 Å². The number of nitrogens with zero attached hydrogens (tertiary/aromatic N) is 1. The van der Waals surface area contributed by atoms with Crippen molar-refractivity contribution in [2.75, 3.05) is 13.2 Å². The summed E-state index contributed by atoms with van der Waals surface area (Å²) in [5.41, 5.74) is 1.33. The van der Waals surface area contributed by atoms with Crippen molar-refractivity contribution in [3.05, 3.63) is 35.9 Å². The van der Waals surface area contributed by atoms with E-state index in [-0.39, 0.29) is 28.2 Å². The lowest BCUT2D eigenvalue weighted by Crippen LogP contribution is -3.00. The van der Waals surface area contributed by atoms with Gasteiger partial charge in [-0.05, 0) is 11.8 Å². The van der Waals surface area contributed by atoms with Gasteiger partial charge in [0.2, 0.25) is 5.04 Å². The highest BCUT2D eigenvalue weighted by Gasteiger charge is 2.33. The maximum Gasteiger partial charge on any atom is 0.319 e. The van der Waals surface area contributed by atoms with E-state index in [1.54, 1.807) is 11.8 Å². The van der Waals surface area contributed by atoms with Gasteiger partial charge in [-0.3, -0.25) is 4.79 Å². The third-order valence-electron chi connectivity index (χ3n) is 3.55. The molecule has 5 heteroatoms. The van der Waals surface area contributed by atoms with Crippen LogP contribution < -0.4 is 17.0 Å². The van der Waals surface area contributed by atoms with E-state index in [1.165, 1.54) is 17.0 Å². The molecule has 1 fully saturated rings. The van der Waals surface area contributed by atoms with Gasteiger partial charge in [-0.25, -0.2) is 4.58 Å². The summed E-state index contributed by atoms with van der Waals surface area (Å²) in [6.07, 6.45) is 3.14. The minimum atomic E-state index is -0.0379. The van der Waals surface area contributed by atoms with Crippen molar-refractivity contribution in [2.24, 2.45) is 0 Å². The number of ether oxygens (including phenoxy) is 1. The van der Waals surface area contributed by atoms with Crippen LogP contribution in [0.3, 0.4) is 0 Å². The quantitative estimate of drug-likeness (QED) is 0.538. The number of hydrogen-bond donors (Lipinski definition) is 0. The Morgan fingerprint density at radius 2 is 2.10 bits per heavy atom. The second kappa shape index (κ2) is 7.27. The first kappa shape index (κ1) is 15.6. The lowest BCUT2D eigenvalue weighted by atomic mass is 10.2. The van der Waals surface area contributed by atoms with Gasteiger partial charge in [0, 0.05) is 24.8 Å². The van der Waals surface area contributed by atoms with Crippen molar-refractivity contribution in [1.29, 1.82) is 0 Å². The molecule has 0 aromatic heterocycles. The monoisotopic (exact) mass is 355 g/mol. The minimum absolute atomic E-state index is 0. The third-order valence-corrected chi connectivity index (χ3v) is 5.00. The van der Waals surface area contributed by atoms with Crippen LogP contribution in [0, 0.1) is 0 Å². The first-order valence-corrected chi connectivity index (χ1v) is 7.69. The topological polar surface area (TPSA) is 29.3 Å². The van der Waals surface area contributed by atoms with Gasteiger partial charge in [-0.2, -0.15) is 0 Å². The highest BCUT2D eigenvalue weighted by molar-refractivity contribution is 8.14. The van der Waals surface area contributed by atoms with Crippen LogP contribution >= 0.6 is 11.8 Å². The molecule has 1 atom stereocenters. The predicted octanol–water partition coefficient (Wildman–Crippen LogP) is -0.556. The van der Waals surface area contributed by atoms with Crippen LogP contribution in [0.4, 0.5) is 0 Å². The third kappa shape index (κ3) is 3.64.